The van der Waals surface area contributed by atoms with Gasteiger partial charge in [-0.15, -0.1) is 0 Å². The van der Waals surface area contributed by atoms with Gasteiger partial charge < -0.3 is 24.8 Å². The second kappa shape index (κ2) is 10.0. The zero-order valence-electron chi connectivity index (χ0n) is 18.5. The highest BCUT2D eigenvalue weighted by molar-refractivity contribution is 5.82. The molecule has 0 aromatic heterocycles. The number of nitrogens with one attached hydrogen (secondary N) is 1. The highest BCUT2D eigenvalue weighted by Crippen LogP contribution is 2.44. The van der Waals surface area contributed by atoms with Crippen LogP contribution in [0.15, 0.2) is 48.5 Å². The van der Waals surface area contributed by atoms with Gasteiger partial charge in [0, 0.05) is 38.6 Å². The Labute approximate surface area is 192 Å². The minimum atomic E-state index is -0.963. The van der Waals surface area contributed by atoms with E-state index in [2.05, 4.69) is 29.6 Å². The quantitative estimate of drug-likeness (QED) is 0.638. The Bertz CT molecular complexity index is 994. The normalized spacial score (nSPS) is 18.9. The Morgan fingerprint density at radius 1 is 1.09 bits per heavy atom. The molecule has 174 valence electrons. The predicted molar refractivity (Wildman–Crippen MR) is 121 cm³/mol. The summed E-state index contributed by atoms with van der Waals surface area (Å²) in [5.74, 6) is -1.44. The van der Waals surface area contributed by atoms with Crippen LogP contribution in [0.5, 0.6) is 0 Å². The average Bonchev–Trinajstić information content (AvgIpc) is 3.42. The highest BCUT2D eigenvalue weighted by atomic mass is 16.5. The first-order chi connectivity index (χ1) is 16.0. The number of hydrogen-bond acceptors (Lipinski definition) is 5. The molecule has 1 saturated heterocycles. The number of hydrogen-bond donors (Lipinski definition) is 2. The van der Waals surface area contributed by atoms with E-state index in [1.165, 1.54) is 16.0 Å². The third-order valence-electron chi connectivity index (χ3n) is 6.35. The van der Waals surface area contributed by atoms with Crippen LogP contribution in [0, 0.1) is 5.92 Å². The number of nitrogens with zero attached hydrogens (tertiary/aromatic N) is 1. The van der Waals surface area contributed by atoms with E-state index >= 15 is 0 Å². The number of amides is 2. The molecule has 1 fully saturated rings. The van der Waals surface area contributed by atoms with Gasteiger partial charge >= 0.3 is 12.1 Å². The number of aliphatic carboxylic acids is 1. The number of carbonyl (C=O) groups excluding carboxylic acids is 2. The third-order valence-corrected chi connectivity index (χ3v) is 6.35. The second-order valence-electron chi connectivity index (χ2n) is 8.45. The number of carbonyl (C=O) groups is 3. The van der Waals surface area contributed by atoms with Gasteiger partial charge in [-0.2, -0.15) is 0 Å². The van der Waals surface area contributed by atoms with Gasteiger partial charge in [0.15, 0.2) is 0 Å². The monoisotopic (exact) mass is 452 g/mol. The first-order valence-electron chi connectivity index (χ1n) is 11.1. The number of likely N-dealkylation sites (N-methyl/N-ethyl adjacent to an activating group) is 1. The Morgan fingerprint density at radius 2 is 1.73 bits per heavy atom. The molecular formula is C25H28N2O6. The highest BCUT2D eigenvalue weighted by Gasteiger charge is 2.36. The van der Waals surface area contributed by atoms with Crippen molar-refractivity contribution in [3.05, 3.63) is 59.7 Å². The van der Waals surface area contributed by atoms with Gasteiger partial charge in [0.2, 0.25) is 0 Å². The lowest BCUT2D eigenvalue weighted by atomic mass is 9.98. The number of alkyl carbamates (subject to hydrolysis) is 1. The van der Waals surface area contributed by atoms with E-state index in [-0.39, 0.29) is 43.9 Å². The molecule has 8 heteroatoms. The first-order valence-corrected chi connectivity index (χ1v) is 11.1. The molecule has 4 rings (SSSR count). The van der Waals surface area contributed by atoms with Crippen molar-refractivity contribution in [1.29, 1.82) is 0 Å². The summed E-state index contributed by atoms with van der Waals surface area (Å²) in [4.78, 5) is 37.2. The summed E-state index contributed by atoms with van der Waals surface area (Å²) in [5, 5.41) is 11.6. The van der Waals surface area contributed by atoms with Crippen LogP contribution < -0.4 is 5.32 Å². The van der Waals surface area contributed by atoms with E-state index in [4.69, 9.17) is 14.6 Å². The summed E-state index contributed by atoms with van der Waals surface area (Å²) in [5.41, 5.74) is 4.62. The predicted octanol–water partition coefficient (Wildman–Crippen LogP) is 2.86. The van der Waals surface area contributed by atoms with Gasteiger partial charge in [-0.25, -0.2) is 4.79 Å². The van der Waals surface area contributed by atoms with Crippen LogP contribution in [0.4, 0.5) is 4.79 Å². The SMILES string of the molecule is CN(CCC(=O)O)C(=O)C1OCCC1CNC(=O)OCC1c2ccccc2-c2ccccc21. The van der Waals surface area contributed by atoms with Crippen molar-refractivity contribution >= 4 is 18.0 Å². The molecule has 8 nitrogen and oxygen atoms in total. The van der Waals surface area contributed by atoms with E-state index in [0.29, 0.717) is 13.0 Å². The molecule has 2 amide bonds. The summed E-state index contributed by atoms with van der Waals surface area (Å²) in [6, 6.07) is 16.3. The zero-order chi connectivity index (χ0) is 23.4. The lowest BCUT2D eigenvalue weighted by Gasteiger charge is -2.24. The molecule has 33 heavy (non-hydrogen) atoms. The van der Waals surface area contributed by atoms with E-state index in [0.717, 1.165) is 11.1 Å². The fourth-order valence-electron chi connectivity index (χ4n) is 4.57. The molecule has 0 saturated carbocycles. The van der Waals surface area contributed by atoms with Crippen LogP contribution in [0.25, 0.3) is 11.1 Å². The molecule has 2 aromatic rings. The lowest BCUT2D eigenvalue weighted by Crippen LogP contribution is -2.43. The average molecular weight is 453 g/mol. The van der Waals surface area contributed by atoms with Crippen LogP contribution in [-0.2, 0) is 19.1 Å². The summed E-state index contributed by atoms with van der Waals surface area (Å²) < 4.78 is 11.1. The van der Waals surface area contributed by atoms with Crippen molar-refractivity contribution in [2.24, 2.45) is 5.92 Å². The summed E-state index contributed by atoms with van der Waals surface area (Å²) in [7, 11) is 1.56. The second-order valence-corrected chi connectivity index (χ2v) is 8.45. The lowest BCUT2D eigenvalue weighted by molar-refractivity contribution is -0.143. The van der Waals surface area contributed by atoms with Crippen molar-refractivity contribution < 1.29 is 29.0 Å². The third kappa shape index (κ3) is 5.01. The fraction of sp³-hybridized carbons (Fsp3) is 0.400. The summed E-state index contributed by atoms with van der Waals surface area (Å²) in [6.45, 7) is 1.00. The molecule has 1 heterocycles. The molecule has 2 aliphatic rings. The van der Waals surface area contributed by atoms with Gasteiger partial charge in [-0.05, 0) is 28.7 Å². The van der Waals surface area contributed by atoms with Crippen molar-refractivity contribution in [1.82, 2.24) is 10.2 Å². The number of carboxylic acids is 1. The number of carboxylic acid groups (broad SMARTS) is 1. The van der Waals surface area contributed by atoms with Crippen LogP contribution in [0.3, 0.4) is 0 Å². The minimum absolute atomic E-state index is 0.0184. The molecule has 0 bridgehead atoms. The van der Waals surface area contributed by atoms with E-state index < -0.39 is 18.2 Å². The van der Waals surface area contributed by atoms with Gasteiger partial charge in [-0.3, -0.25) is 9.59 Å². The Hall–Kier alpha value is -3.39. The largest absolute Gasteiger partial charge is 0.481 e. The Morgan fingerprint density at radius 3 is 2.36 bits per heavy atom. The number of rotatable bonds is 8. The van der Waals surface area contributed by atoms with E-state index in [1.807, 2.05) is 24.3 Å². The van der Waals surface area contributed by atoms with Crippen LogP contribution in [-0.4, -0.2) is 67.4 Å². The van der Waals surface area contributed by atoms with Crippen molar-refractivity contribution in [2.45, 2.75) is 24.9 Å². The minimum Gasteiger partial charge on any atom is -0.481 e. The molecule has 2 aromatic carbocycles. The summed E-state index contributed by atoms with van der Waals surface area (Å²) in [6.07, 6.45) is -0.725. The molecular weight excluding hydrogens is 424 g/mol. The maximum atomic E-state index is 12.6. The topological polar surface area (TPSA) is 105 Å². The van der Waals surface area contributed by atoms with Gasteiger partial charge in [0.1, 0.15) is 12.7 Å². The smallest absolute Gasteiger partial charge is 0.407 e. The van der Waals surface area contributed by atoms with E-state index in [9.17, 15) is 14.4 Å². The standard InChI is InChI=1S/C25H28N2O6/c1-27(12-10-22(28)29)24(30)23-16(11-13-32-23)14-26-25(31)33-15-21-19-8-4-2-6-17(19)18-7-3-5-9-20(18)21/h2-9,16,21,23H,10-15H2,1H3,(H,26,31)(H,28,29). The van der Waals surface area contributed by atoms with Crippen LogP contribution >= 0.6 is 0 Å². The zero-order valence-corrected chi connectivity index (χ0v) is 18.5. The molecule has 2 unspecified atom stereocenters. The summed E-state index contributed by atoms with van der Waals surface area (Å²) >= 11 is 0. The molecule has 1 aliphatic heterocycles. The van der Waals surface area contributed by atoms with Crippen molar-refractivity contribution in [3.8, 4) is 11.1 Å². The fourth-order valence-corrected chi connectivity index (χ4v) is 4.57. The number of benzene rings is 2. The van der Waals surface area contributed by atoms with Crippen molar-refractivity contribution in [2.75, 3.05) is 33.4 Å². The Balaban J connectivity index is 1.30. The maximum Gasteiger partial charge on any atom is 0.407 e. The van der Waals surface area contributed by atoms with Gasteiger partial charge in [-0.1, -0.05) is 48.5 Å². The first kappa shape index (κ1) is 22.8. The van der Waals surface area contributed by atoms with Gasteiger partial charge in [0.25, 0.3) is 5.91 Å². The maximum absolute atomic E-state index is 12.6. The van der Waals surface area contributed by atoms with Gasteiger partial charge in [0.05, 0.1) is 6.42 Å². The number of fused-ring (bicyclic) bond motifs is 3. The molecule has 2 N–H and O–H groups in total. The van der Waals surface area contributed by atoms with E-state index in [1.54, 1.807) is 7.05 Å². The van der Waals surface area contributed by atoms with Crippen LogP contribution in [0.2, 0.25) is 0 Å². The Kier molecular flexibility index (Phi) is 6.93. The number of ether oxygens (including phenoxy) is 2. The molecule has 1 aliphatic carbocycles. The van der Waals surface area contributed by atoms with Crippen LogP contribution in [0.1, 0.15) is 29.9 Å². The van der Waals surface area contributed by atoms with Crippen molar-refractivity contribution in [3.63, 3.8) is 0 Å². The molecule has 0 spiro atoms. The molecule has 0 radical (unpaired) electrons. The molecule has 2 atom stereocenters.